The molecule has 0 aromatic heterocycles. The van der Waals surface area contributed by atoms with Crippen molar-refractivity contribution in [1.29, 1.82) is 0 Å². The number of hydrogen-bond acceptors (Lipinski definition) is 3. The second-order valence-electron chi connectivity index (χ2n) is 5.19. The number of carbonyl (C=O) groups is 1. The summed E-state index contributed by atoms with van der Waals surface area (Å²) in [6.07, 6.45) is 5.43. The molecular formula is C13H24N2O2. The van der Waals surface area contributed by atoms with E-state index in [4.69, 9.17) is 4.74 Å². The molecule has 0 aromatic carbocycles. The van der Waals surface area contributed by atoms with E-state index in [1.165, 1.54) is 12.8 Å². The van der Waals surface area contributed by atoms with Crippen LogP contribution in [-0.2, 0) is 9.53 Å². The molecule has 0 aromatic rings. The fraction of sp³-hybridized carbons (Fsp3) is 0.923. The normalized spacial score (nSPS) is 31.0. The molecule has 4 heteroatoms. The van der Waals surface area contributed by atoms with Gasteiger partial charge in [-0.15, -0.1) is 0 Å². The highest BCUT2D eigenvalue weighted by Crippen LogP contribution is 2.18. The van der Waals surface area contributed by atoms with Gasteiger partial charge in [0.15, 0.2) is 0 Å². The van der Waals surface area contributed by atoms with Crippen LogP contribution in [0.1, 0.15) is 39.0 Å². The standard InChI is InChI=1S/C13H24N2O2/c1-11-5-3-2-4-7-15(11)13(16)9-12-10-14-6-8-17-12/h11-12,14H,2-10H2,1H3. The summed E-state index contributed by atoms with van der Waals surface area (Å²) in [7, 11) is 0. The number of hydrogen-bond donors (Lipinski definition) is 1. The Labute approximate surface area is 104 Å². The van der Waals surface area contributed by atoms with Gasteiger partial charge in [-0.1, -0.05) is 12.8 Å². The van der Waals surface area contributed by atoms with Gasteiger partial charge in [0.05, 0.1) is 19.1 Å². The molecule has 2 fully saturated rings. The third-order valence-electron chi connectivity index (χ3n) is 3.78. The van der Waals surface area contributed by atoms with Crippen molar-refractivity contribution in [3.05, 3.63) is 0 Å². The van der Waals surface area contributed by atoms with E-state index in [0.717, 1.165) is 39.1 Å². The molecule has 98 valence electrons. The first kappa shape index (κ1) is 12.8. The third-order valence-corrected chi connectivity index (χ3v) is 3.78. The zero-order valence-electron chi connectivity index (χ0n) is 10.8. The summed E-state index contributed by atoms with van der Waals surface area (Å²) in [6, 6.07) is 0.404. The smallest absolute Gasteiger partial charge is 0.225 e. The molecule has 17 heavy (non-hydrogen) atoms. The predicted octanol–water partition coefficient (Wildman–Crippen LogP) is 1.16. The second kappa shape index (κ2) is 6.36. The Hall–Kier alpha value is -0.610. The van der Waals surface area contributed by atoms with Crippen molar-refractivity contribution in [2.24, 2.45) is 0 Å². The van der Waals surface area contributed by atoms with Crippen molar-refractivity contribution >= 4 is 5.91 Å². The Bertz CT molecular complexity index is 252. The minimum Gasteiger partial charge on any atom is -0.375 e. The van der Waals surface area contributed by atoms with E-state index in [-0.39, 0.29) is 12.0 Å². The van der Waals surface area contributed by atoms with E-state index in [9.17, 15) is 4.79 Å². The number of ether oxygens (including phenoxy) is 1. The molecule has 2 heterocycles. The average molecular weight is 240 g/mol. The summed E-state index contributed by atoms with van der Waals surface area (Å²) in [6.45, 7) is 5.55. The van der Waals surface area contributed by atoms with Crippen LogP contribution in [0.25, 0.3) is 0 Å². The Balaban J connectivity index is 1.84. The Morgan fingerprint density at radius 3 is 3.06 bits per heavy atom. The summed E-state index contributed by atoms with van der Waals surface area (Å²) in [4.78, 5) is 14.3. The number of rotatable bonds is 2. The molecule has 2 unspecified atom stereocenters. The van der Waals surface area contributed by atoms with Crippen LogP contribution in [0.4, 0.5) is 0 Å². The first-order valence-electron chi connectivity index (χ1n) is 6.89. The molecule has 2 rings (SSSR count). The molecule has 2 aliphatic heterocycles. The van der Waals surface area contributed by atoms with Gasteiger partial charge in [-0.25, -0.2) is 0 Å². The van der Waals surface area contributed by atoms with E-state index < -0.39 is 0 Å². The molecule has 0 bridgehead atoms. The molecule has 1 N–H and O–H groups in total. The molecule has 2 saturated heterocycles. The van der Waals surface area contributed by atoms with Crippen molar-refractivity contribution in [1.82, 2.24) is 10.2 Å². The molecule has 2 atom stereocenters. The molecule has 1 amide bonds. The summed E-state index contributed by atoms with van der Waals surface area (Å²) in [5, 5.41) is 3.27. The van der Waals surface area contributed by atoms with Gasteiger partial charge in [0.1, 0.15) is 0 Å². The van der Waals surface area contributed by atoms with Gasteiger partial charge < -0.3 is 15.0 Å². The first-order valence-corrected chi connectivity index (χ1v) is 6.89. The van der Waals surface area contributed by atoms with E-state index in [2.05, 4.69) is 17.1 Å². The third kappa shape index (κ3) is 3.68. The van der Waals surface area contributed by atoms with Crippen LogP contribution >= 0.6 is 0 Å². The van der Waals surface area contributed by atoms with Gasteiger partial charge >= 0.3 is 0 Å². The zero-order chi connectivity index (χ0) is 12.1. The van der Waals surface area contributed by atoms with Crippen LogP contribution in [0.15, 0.2) is 0 Å². The summed E-state index contributed by atoms with van der Waals surface area (Å²) >= 11 is 0. The van der Waals surface area contributed by atoms with E-state index >= 15 is 0 Å². The number of morpholine rings is 1. The number of likely N-dealkylation sites (tertiary alicyclic amines) is 1. The monoisotopic (exact) mass is 240 g/mol. The van der Waals surface area contributed by atoms with Gasteiger partial charge in [-0.05, 0) is 19.8 Å². The zero-order valence-corrected chi connectivity index (χ0v) is 10.8. The fourth-order valence-electron chi connectivity index (χ4n) is 2.71. The second-order valence-corrected chi connectivity index (χ2v) is 5.19. The first-order chi connectivity index (χ1) is 8.27. The number of amides is 1. The minimum absolute atomic E-state index is 0.0757. The lowest BCUT2D eigenvalue weighted by molar-refractivity contribution is -0.136. The quantitative estimate of drug-likeness (QED) is 0.787. The minimum atomic E-state index is 0.0757. The maximum Gasteiger partial charge on any atom is 0.225 e. The largest absolute Gasteiger partial charge is 0.375 e. The number of nitrogens with zero attached hydrogens (tertiary/aromatic N) is 1. The van der Waals surface area contributed by atoms with Gasteiger partial charge in [0, 0.05) is 25.7 Å². The molecular weight excluding hydrogens is 216 g/mol. The SMILES string of the molecule is CC1CCCCCN1C(=O)CC1CNCCO1. The lowest BCUT2D eigenvalue weighted by Crippen LogP contribution is -2.44. The topological polar surface area (TPSA) is 41.6 Å². The van der Waals surface area contributed by atoms with Crippen molar-refractivity contribution in [3.8, 4) is 0 Å². The van der Waals surface area contributed by atoms with Crippen molar-refractivity contribution < 1.29 is 9.53 Å². The van der Waals surface area contributed by atoms with Gasteiger partial charge in [0.25, 0.3) is 0 Å². The highest BCUT2D eigenvalue weighted by atomic mass is 16.5. The Morgan fingerprint density at radius 2 is 2.29 bits per heavy atom. The van der Waals surface area contributed by atoms with Gasteiger partial charge in [-0.2, -0.15) is 0 Å². The maximum absolute atomic E-state index is 12.2. The summed E-state index contributed by atoms with van der Waals surface area (Å²) in [5.41, 5.74) is 0. The number of nitrogens with one attached hydrogen (secondary N) is 1. The Morgan fingerprint density at radius 1 is 1.41 bits per heavy atom. The molecule has 0 radical (unpaired) electrons. The van der Waals surface area contributed by atoms with E-state index in [0.29, 0.717) is 12.5 Å². The average Bonchev–Trinajstić information content (AvgIpc) is 2.55. The molecule has 0 saturated carbocycles. The summed E-state index contributed by atoms with van der Waals surface area (Å²) < 4.78 is 5.60. The lowest BCUT2D eigenvalue weighted by Gasteiger charge is -2.30. The lowest BCUT2D eigenvalue weighted by atomic mass is 10.1. The molecule has 0 aliphatic carbocycles. The highest BCUT2D eigenvalue weighted by Gasteiger charge is 2.25. The van der Waals surface area contributed by atoms with Gasteiger partial charge in [0.2, 0.25) is 5.91 Å². The molecule has 4 nitrogen and oxygen atoms in total. The molecule has 0 spiro atoms. The van der Waals surface area contributed by atoms with Crippen molar-refractivity contribution in [3.63, 3.8) is 0 Å². The van der Waals surface area contributed by atoms with Gasteiger partial charge in [-0.3, -0.25) is 4.79 Å². The van der Waals surface area contributed by atoms with Crippen LogP contribution in [-0.4, -0.2) is 49.2 Å². The predicted molar refractivity (Wildman–Crippen MR) is 66.9 cm³/mol. The van der Waals surface area contributed by atoms with E-state index in [1.54, 1.807) is 0 Å². The van der Waals surface area contributed by atoms with Crippen LogP contribution in [0.5, 0.6) is 0 Å². The van der Waals surface area contributed by atoms with E-state index in [1.807, 2.05) is 0 Å². The fourth-order valence-corrected chi connectivity index (χ4v) is 2.71. The van der Waals surface area contributed by atoms with Crippen LogP contribution < -0.4 is 5.32 Å². The van der Waals surface area contributed by atoms with Crippen molar-refractivity contribution in [2.45, 2.75) is 51.2 Å². The van der Waals surface area contributed by atoms with Crippen LogP contribution in [0.2, 0.25) is 0 Å². The highest BCUT2D eigenvalue weighted by molar-refractivity contribution is 5.77. The summed E-state index contributed by atoms with van der Waals surface area (Å²) in [5.74, 6) is 0.271. The Kier molecular flexibility index (Phi) is 4.80. The van der Waals surface area contributed by atoms with Crippen molar-refractivity contribution in [2.75, 3.05) is 26.2 Å². The van der Waals surface area contributed by atoms with Crippen LogP contribution in [0, 0.1) is 0 Å². The number of carbonyl (C=O) groups excluding carboxylic acids is 1. The maximum atomic E-state index is 12.2. The molecule has 2 aliphatic rings. The van der Waals surface area contributed by atoms with Crippen LogP contribution in [0.3, 0.4) is 0 Å².